The minimum Gasteiger partial charge on any atom is -0.200 e. The zero-order valence-electron chi connectivity index (χ0n) is 17.7. The Balaban J connectivity index is 6.88. The fourth-order valence-corrected chi connectivity index (χ4v) is 8.17. The fraction of sp³-hybridized carbons (Fsp3) is 1.00. The maximum atomic E-state index is 14.4. The van der Waals surface area contributed by atoms with Gasteiger partial charge in [0.15, 0.2) is 0 Å². The molecule has 0 aromatic heterocycles. The summed E-state index contributed by atoms with van der Waals surface area (Å²) in [6.45, 7) is 4.87. The predicted molar refractivity (Wildman–Crippen MR) is 87.5 cm³/mol. The molecule has 1 unspecified atom stereocenters. The molecule has 0 saturated carbocycles. The van der Waals surface area contributed by atoms with Gasteiger partial charge in [-0.05, 0) is 0 Å². The smallest absolute Gasteiger partial charge is 0.200 e. The minimum atomic E-state index is -8.59. The summed E-state index contributed by atoms with van der Waals surface area (Å²) in [6, 6.07) is 0. The predicted octanol–water partition coefficient (Wildman–Crippen LogP) is 8.43. The van der Waals surface area contributed by atoms with Crippen LogP contribution in [-0.2, 0) is 0 Å². The molecule has 206 valence electrons. The molecular weight excluding hydrogens is 543 g/mol. The second kappa shape index (κ2) is 8.85. The van der Waals surface area contributed by atoms with E-state index in [4.69, 9.17) is 0 Å². The van der Waals surface area contributed by atoms with Crippen molar-refractivity contribution < 1.29 is 74.6 Å². The van der Waals surface area contributed by atoms with Gasteiger partial charge in [0.2, 0.25) is 0 Å². The highest BCUT2D eigenvalue weighted by atomic mass is 28.3. The zero-order valence-corrected chi connectivity index (χ0v) is 18.9. The molecule has 0 aromatic carbocycles. The van der Waals surface area contributed by atoms with Crippen LogP contribution in [0.25, 0.3) is 0 Å². The maximum Gasteiger partial charge on any atom is 0.460 e. The van der Waals surface area contributed by atoms with Crippen molar-refractivity contribution in [3.05, 3.63) is 0 Å². The maximum absolute atomic E-state index is 14.4. The largest absolute Gasteiger partial charge is 0.460 e. The lowest BCUT2D eigenvalue weighted by molar-refractivity contribution is -0.461. The number of hydrogen-bond donors (Lipinski definition) is 0. The highest BCUT2D eigenvalue weighted by Crippen LogP contribution is 2.65. The first-order valence-corrected chi connectivity index (χ1v) is 11.1. The molecule has 0 saturated heterocycles. The number of halogens is 17. The molecule has 0 N–H and O–H groups in total. The highest BCUT2D eigenvalue weighted by molar-refractivity contribution is 6.63. The van der Waals surface area contributed by atoms with Gasteiger partial charge in [-0.25, -0.2) is 0 Å². The Bertz CT molecular complexity index is 699. The molecule has 0 spiro atoms. The van der Waals surface area contributed by atoms with Crippen LogP contribution in [0.3, 0.4) is 0 Å². The van der Waals surface area contributed by atoms with Gasteiger partial charge >= 0.3 is 47.6 Å². The van der Waals surface area contributed by atoms with Crippen LogP contribution in [-0.4, -0.2) is 56.4 Å². The van der Waals surface area contributed by atoms with Crippen molar-refractivity contribution in [3.8, 4) is 0 Å². The number of alkyl halides is 17. The summed E-state index contributed by atoms with van der Waals surface area (Å²) in [5.41, 5.74) is -4.68. The molecule has 0 aliphatic heterocycles. The van der Waals surface area contributed by atoms with E-state index >= 15 is 0 Å². The van der Waals surface area contributed by atoms with Gasteiger partial charge in [-0.2, -0.15) is 74.6 Å². The molecule has 0 radical (unpaired) electrons. The average Bonchev–Trinajstić information content (AvgIpc) is 2.58. The van der Waals surface area contributed by atoms with E-state index in [1.807, 2.05) is 0 Å². The van der Waals surface area contributed by atoms with Crippen LogP contribution in [0.2, 0.25) is 16.6 Å². The molecule has 18 heteroatoms. The molecule has 0 fully saturated rings. The van der Waals surface area contributed by atoms with E-state index in [0.717, 1.165) is 0 Å². The summed E-state index contributed by atoms with van der Waals surface area (Å²) in [5.74, 6) is -55.8. The Morgan fingerprint density at radius 2 is 0.618 bits per heavy atom. The summed E-state index contributed by atoms with van der Waals surface area (Å²) >= 11 is 0. The lowest BCUT2D eigenvalue weighted by Gasteiger charge is -2.45. The van der Waals surface area contributed by atoms with Gasteiger partial charge in [0.25, 0.3) is 0 Å². The third-order valence-corrected chi connectivity index (χ3v) is 10.1. The van der Waals surface area contributed by atoms with Crippen molar-refractivity contribution >= 4 is 8.80 Å². The molecule has 0 rings (SSSR count). The van der Waals surface area contributed by atoms with Gasteiger partial charge in [0.1, 0.15) is 0 Å². The van der Waals surface area contributed by atoms with Crippen molar-refractivity contribution in [1.29, 1.82) is 0 Å². The standard InChI is InChI=1S/C16H19F17Si/c1-6(2)34(7(3)4)8(5)9(17,18)10(19,20)11(21,22)12(23,24)13(25,26)14(27,28)15(29,30)16(31,32)33/h6-8,34H,1-5H3. The molecule has 0 amide bonds. The summed E-state index contributed by atoms with van der Waals surface area (Å²) in [4.78, 5) is 0. The van der Waals surface area contributed by atoms with Crippen LogP contribution in [0.1, 0.15) is 34.6 Å². The van der Waals surface area contributed by atoms with Gasteiger partial charge in [-0.3, -0.25) is 0 Å². The van der Waals surface area contributed by atoms with Gasteiger partial charge < -0.3 is 0 Å². The van der Waals surface area contributed by atoms with Crippen molar-refractivity contribution in [3.63, 3.8) is 0 Å². The lowest BCUT2D eigenvalue weighted by atomic mass is 9.88. The van der Waals surface area contributed by atoms with Crippen LogP contribution in [0, 0.1) is 0 Å². The molecular formula is C16H19F17Si. The van der Waals surface area contributed by atoms with Crippen LogP contribution < -0.4 is 0 Å². The molecule has 0 bridgehead atoms. The van der Waals surface area contributed by atoms with Crippen molar-refractivity contribution in [1.82, 2.24) is 0 Å². The Labute approximate surface area is 183 Å². The van der Waals surface area contributed by atoms with Crippen molar-refractivity contribution in [2.24, 2.45) is 0 Å². The van der Waals surface area contributed by atoms with E-state index in [0.29, 0.717) is 0 Å². The van der Waals surface area contributed by atoms with Crippen molar-refractivity contribution in [2.45, 2.75) is 98.9 Å². The topological polar surface area (TPSA) is 0 Å². The van der Waals surface area contributed by atoms with Crippen LogP contribution in [0.4, 0.5) is 74.6 Å². The van der Waals surface area contributed by atoms with Crippen LogP contribution >= 0.6 is 0 Å². The Hall–Kier alpha value is -0.973. The highest BCUT2D eigenvalue weighted by Gasteiger charge is 2.95. The second-order valence-electron chi connectivity index (χ2n) is 8.42. The molecule has 1 atom stereocenters. The van der Waals surface area contributed by atoms with E-state index < -0.39 is 73.1 Å². The first kappa shape index (κ1) is 33.0. The Kier molecular flexibility index (Phi) is 8.60. The number of hydrogen-bond acceptors (Lipinski definition) is 0. The fourth-order valence-electron chi connectivity index (χ4n) is 3.63. The first-order chi connectivity index (χ1) is 14.4. The van der Waals surface area contributed by atoms with Gasteiger partial charge in [0.05, 0.1) is 8.80 Å². The second-order valence-corrected chi connectivity index (χ2v) is 13.2. The van der Waals surface area contributed by atoms with E-state index in [1.165, 1.54) is 27.7 Å². The SMILES string of the molecule is CC(C)[SiH](C(C)C)C(C)C(F)(F)C(F)(F)C(F)(F)C(F)(F)C(F)(F)C(F)(F)C(F)(F)C(F)(F)F. The van der Waals surface area contributed by atoms with Crippen molar-refractivity contribution in [2.75, 3.05) is 0 Å². The number of rotatable bonds is 10. The van der Waals surface area contributed by atoms with Crippen LogP contribution in [0.15, 0.2) is 0 Å². The molecule has 0 nitrogen and oxygen atoms in total. The molecule has 34 heavy (non-hydrogen) atoms. The molecule has 0 aliphatic carbocycles. The van der Waals surface area contributed by atoms with Gasteiger partial charge in [-0.15, -0.1) is 0 Å². The third kappa shape index (κ3) is 4.37. The quantitative estimate of drug-likeness (QED) is 0.185. The third-order valence-electron chi connectivity index (χ3n) is 5.44. The van der Waals surface area contributed by atoms with E-state index in [1.54, 1.807) is 0 Å². The normalized spacial score (nSPS) is 17.2. The minimum absolute atomic E-state index is 0.198. The first-order valence-electron chi connectivity index (χ1n) is 9.14. The van der Waals surface area contributed by atoms with Gasteiger partial charge in [-0.1, -0.05) is 45.7 Å². The van der Waals surface area contributed by atoms with Crippen LogP contribution in [0.5, 0.6) is 0 Å². The average molecular weight is 562 g/mol. The molecule has 0 aromatic rings. The Morgan fingerprint density at radius 3 is 0.853 bits per heavy atom. The summed E-state index contributed by atoms with van der Waals surface area (Å²) in [5, 5.41) is 0. The summed E-state index contributed by atoms with van der Waals surface area (Å²) in [6.07, 6.45) is -7.75. The zero-order chi connectivity index (χ0) is 28.3. The van der Waals surface area contributed by atoms with E-state index in [-0.39, 0.29) is 6.92 Å². The monoisotopic (exact) mass is 562 g/mol. The van der Waals surface area contributed by atoms with E-state index in [2.05, 4.69) is 0 Å². The van der Waals surface area contributed by atoms with E-state index in [9.17, 15) is 74.6 Å². The molecule has 0 aliphatic rings. The molecule has 0 heterocycles. The lowest BCUT2D eigenvalue weighted by Crippen LogP contribution is -2.74. The summed E-state index contributed by atoms with van der Waals surface area (Å²) in [7, 11) is -3.36. The Morgan fingerprint density at radius 1 is 0.382 bits per heavy atom. The van der Waals surface area contributed by atoms with Gasteiger partial charge in [0, 0.05) is 5.54 Å². The summed E-state index contributed by atoms with van der Waals surface area (Å²) < 4.78 is 228.